The number of hydrogen-bond acceptors (Lipinski definition) is 6. The molecule has 0 radical (unpaired) electrons. The first-order valence-electron chi connectivity index (χ1n) is 12.9. The van der Waals surface area contributed by atoms with E-state index in [9.17, 15) is 9.90 Å². The Labute approximate surface area is 219 Å². The second-order valence-electron chi connectivity index (χ2n) is 10.3. The first-order chi connectivity index (χ1) is 18.4. The number of anilines is 1. The number of piperazine rings is 1. The Kier molecular flexibility index (Phi) is 4.94. The molecule has 1 amide bonds. The van der Waals surface area contributed by atoms with Crippen molar-refractivity contribution in [3.05, 3.63) is 77.6 Å². The molecule has 4 aromatic rings. The average molecular weight is 509 g/mol. The fraction of sp³-hybridized carbons (Fsp3) is 0.321. The van der Waals surface area contributed by atoms with Crippen LogP contribution in [-0.2, 0) is 12.6 Å². The van der Waals surface area contributed by atoms with Crippen molar-refractivity contribution in [1.29, 1.82) is 0 Å². The fourth-order valence-corrected chi connectivity index (χ4v) is 5.61. The second kappa shape index (κ2) is 8.27. The van der Waals surface area contributed by atoms with Crippen LogP contribution >= 0.6 is 0 Å². The van der Waals surface area contributed by atoms with Gasteiger partial charge in [-0.15, -0.1) is 10.2 Å². The van der Waals surface area contributed by atoms with Gasteiger partial charge in [0.2, 0.25) is 0 Å². The van der Waals surface area contributed by atoms with Crippen molar-refractivity contribution in [2.75, 3.05) is 31.1 Å². The van der Waals surface area contributed by atoms with E-state index in [2.05, 4.69) is 67.2 Å². The van der Waals surface area contributed by atoms with E-state index in [0.29, 0.717) is 26.2 Å². The van der Waals surface area contributed by atoms with E-state index in [1.807, 2.05) is 31.0 Å². The van der Waals surface area contributed by atoms with E-state index >= 15 is 0 Å². The maximum atomic E-state index is 11.3. The highest BCUT2D eigenvalue weighted by Crippen LogP contribution is 2.51. The summed E-state index contributed by atoms with van der Waals surface area (Å²) < 4.78 is 3.98. The number of fused-ring (bicyclic) bond motifs is 4. The smallest absolute Gasteiger partial charge is 0.407 e. The molecule has 38 heavy (non-hydrogen) atoms. The minimum atomic E-state index is -0.852. The van der Waals surface area contributed by atoms with Gasteiger partial charge in [0.1, 0.15) is 11.4 Å². The van der Waals surface area contributed by atoms with Crippen molar-refractivity contribution in [1.82, 2.24) is 29.4 Å². The summed E-state index contributed by atoms with van der Waals surface area (Å²) in [7, 11) is 1.92. The summed E-state index contributed by atoms with van der Waals surface area (Å²) in [6.07, 6.45) is 4.95. The summed E-state index contributed by atoms with van der Waals surface area (Å²) in [5.74, 6) is 1.77. The van der Waals surface area contributed by atoms with Crippen molar-refractivity contribution in [3.8, 4) is 16.8 Å². The number of aliphatic imine (C=N–C) groups is 1. The maximum Gasteiger partial charge on any atom is 0.407 e. The van der Waals surface area contributed by atoms with Gasteiger partial charge in [-0.1, -0.05) is 18.2 Å². The van der Waals surface area contributed by atoms with E-state index < -0.39 is 6.09 Å². The summed E-state index contributed by atoms with van der Waals surface area (Å²) in [5.41, 5.74) is 6.95. The summed E-state index contributed by atoms with van der Waals surface area (Å²) in [4.78, 5) is 20.4. The number of carbonyl (C=O) groups is 1. The number of carboxylic acid groups (broad SMARTS) is 1. The maximum absolute atomic E-state index is 11.3. The Morgan fingerprint density at radius 2 is 1.68 bits per heavy atom. The van der Waals surface area contributed by atoms with E-state index in [4.69, 9.17) is 4.99 Å². The van der Waals surface area contributed by atoms with Gasteiger partial charge in [-0.3, -0.25) is 14.2 Å². The SMILES string of the molecule is Cc1nnc2n1-c1ccc(-c3cnn(C)c3)cc1C(c1ccc(N3CCN(C(=O)O)CC3)cc1)=NC21CC1. The third-order valence-corrected chi connectivity index (χ3v) is 7.88. The third-order valence-electron chi connectivity index (χ3n) is 7.88. The van der Waals surface area contributed by atoms with Gasteiger partial charge in [0.15, 0.2) is 5.82 Å². The van der Waals surface area contributed by atoms with Crippen molar-refractivity contribution in [2.24, 2.45) is 12.0 Å². The van der Waals surface area contributed by atoms with Crippen LogP contribution < -0.4 is 4.90 Å². The molecule has 7 rings (SSSR count). The van der Waals surface area contributed by atoms with E-state index in [-0.39, 0.29) is 5.54 Å². The van der Waals surface area contributed by atoms with Crippen molar-refractivity contribution in [3.63, 3.8) is 0 Å². The first kappa shape index (κ1) is 22.7. The highest BCUT2D eigenvalue weighted by molar-refractivity contribution is 6.16. The standard InChI is InChI=1S/C28H28N8O2/c1-18-31-32-26-28(9-10-28)30-25(19-3-6-22(7-4-19)34-11-13-35(14-12-34)27(37)38)23-15-20(5-8-24(23)36(18)26)21-16-29-33(2)17-21/h3-8,15-17H,9-14H2,1-2H3,(H,37,38). The Balaban J connectivity index is 1.31. The molecule has 2 aromatic carbocycles. The Morgan fingerprint density at radius 1 is 0.947 bits per heavy atom. The molecule has 1 saturated heterocycles. The number of hydrogen-bond donors (Lipinski definition) is 1. The Bertz CT molecular complexity index is 1590. The second-order valence-corrected chi connectivity index (χ2v) is 10.3. The van der Waals surface area contributed by atoms with E-state index in [1.54, 1.807) is 0 Å². The van der Waals surface area contributed by atoms with Crippen LogP contribution in [0.4, 0.5) is 10.5 Å². The van der Waals surface area contributed by atoms with Gasteiger partial charge in [0.25, 0.3) is 0 Å². The predicted octanol–water partition coefficient (Wildman–Crippen LogP) is 3.62. The molecule has 1 N–H and O–H groups in total. The molecule has 1 saturated carbocycles. The van der Waals surface area contributed by atoms with Crippen molar-refractivity contribution in [2.45, 2.75) is 25.3 Å². The molecule has 3 aliphatic rings. The lowest BCUT2D eigenvalue weighted by atomic mass is 9.96. The third kappa shape index (κ3) is 3.59. The van der Waals surface area contributed by atoms with Gasteiger partial charge >= 0.3 is 6.09 Å². The molecule has 10 nitrogen and oxygen atoms in total. The zero-order valence-electron chi connectivity index (χ0n) is 21.4. The molecule has 1 aliphatic carbocycles. The van der Waals surface area contributed by atoms with Crippen LogP contribution in [0.25, 0.3) is 16.8 Å². The molecule has 10 heteroatoms. The van der Waals surface area contributed by atoms with Crippen LogP contribution in [0.1, 0.15) is 35.6 Å². The lowest BCUT2D eigenvalue weighted by Crippen LogP contribution is -2.48. The number of rotatable bonds is 3. The molecule has 2 aromatic heterocycles. The topological polar surface area (TPSA) is 105 Å². The Morgan fingerprint density at radius 3 is 2.34 bits per heavy atom. The van der Waals surface area contributed by atoms with Crippen LogP contribution in [0.5, 0.6) is 0 Å². The van der Waals surface area contributed by atoms with Gasteiger partial charge in [-0.2, -0.15) is 5.10 Å². The molecule has 2 fully saturated rings. The zero-order valence-corrected chi connectivity index (χ0v) is 21.4. The minimum absolute atomic E-state index is 0.351. The predicted molar refractivity (Wildman–Crippen MR) is 143 cm³/mol. The van der Waals surface area contributed by atoms with Crippen LogP contribution in [0, 0.1) is 6.92 Å². The fourth-order valence-electron chi connectivity index (χ4n) is 5.61. The molecule has 0 atom stereocenters. The summed E-state index contributed by atoms with van der Waals surface area (Å²) >= 11 is 0. The van der Waals surface area contributed by atoms with Gasteiger partial charge in [-0.05, 0) is 49.6 Å². The largest absolute Gasteiger partial charge is 0.465 e. The normalized spacial score (nSPS) is 17.6. The molecule has 1 spiro atoms. The average Bonchev–Trinajstić information content (AvgIpc) is 3.45. The number of aromatic nitrogens is 5. The lowest BCUT2D eigenvalue weighted by molar-refractivity contribution is 0.142. The lowest BCUT2D eigenvalue weighted by Gasteiger charge is -2.34. The van der Waals surface area contributed by atoms with Gasteiger partial charge in [0.05, 0.1) is 17.6 Å². The van der Waals surface area contributed by atoms with Crippen LogP contribution in [0.3, 0.4) is 0 Å². The molecule has 2 aliphatic heterocycles. The zero-order chi connectivity index (χ0) is 26.0. The quantitative estimate of drug-likeness (QED) is 0.453. The van der Waals surface area contributed by atoms with Crippen molar-refractivity contribution >= 4 is 17.5 Å². The van der Waals surface area contributed by atoms with Crippen LogP contribution in [0.2, 0.25) is 0 Å². The van der Waals surface area contributed by atoms with Crippen LogP contribution in [0.15, 0.2) is 59.9 Å². The number of amides is 1. The van der Waals surface area contributed by atoms with Gasteiger partial charge < -0.3 is 14.9 Å². The molecule has 0 unspecified atom stereocenters. The van der Waals surface area contributed by atoms with Gasteiger partial charge in [0, 0.05) is 61.8 Å². The summed E-state index contributed by atoms with van der Waals surface area (Å²) in [6, 6.07) is 15.0. The molecule has 4 heterocycles. The highest BCUT2D eigenvalue weighted by Gasteiger charge is 2.51. The molecular formula is C28H28N8O2. The van der Waals surface area contributed by atoms with E-state index in [1.165, 1.54) is 4.90 Å². The summed E-state index contributed by atoms with van der Waals surface area (Å²) in [5, 5.41) is 22.6. The number of aryl methyl sites for hydroxylation is 2. The summed E-state index contributed by atoms with van der Waals surface area (Å²) in [6.45, 7) is 4.38. The monoisotopic (exact) mass is 508 g/mol. The molecular weight excluding hydrogens is 480 g/mol. The Hall–Kier alpha value is -4.47. The van der Waals surface area contributed by atoms with E-state index in [0.717, 1.165) is 63.8 Å². The highest BCUT2D eigenvalue weighted by atomic mass is 16.4. The molecule has 0 bridgehead atoms. The molecule has 192 valence electrons. The van der Waals surface area contributed by atoms with Gasteiger partial charge in [-0.25, -0.2) is 4.79 Å². The van der Waals surface area contributed by atoms with Crippen LogP contribution in [-0.4, -0.2) is 72.5 Å². The minimum Gasteiger partial charge on any atom is -0.465 e. The number of benzene rings is 2. The van der Waals surface area contributed by atoms with Crippen molar-refractivity contribution < 1.29 is 9.90 Å². The number of nitrogens with zero attached hydrogens (tertiary/aromatic N) is 8. The first-order valence-corrected chi connectivity index (χ1v) is 12.9.